The van der Waals surface area contributed by atoms with E-state index in [-0.39, 0.29) is 5.92 Å². The Bertz CT molecular complexity index is 871. The first-order chi connectivity index (χ1) is 13.1. The molecule has 1 fully saturated rings. The topological polar surface area (TPSA) is 70.3 Å². The fourth-order valence-electron chi connectivity index (χ4n) is 3.16. The highest BCUT2D eigenvalue weighted by atomic mass is 19.2. The lowest BCUT2D eigenvalue weighted by Crippen LogP contribution is -2.14. The van der Waals surface area contributed by atoms with Crippen LogP contribution in [0.5, 0.6) is 0 Å². The van der Waals surface area contributed by atoms with Crippen LogP contribution < -0.4 is 0 Å². The van der Waals surface area contributed by atoms with Gasteiger partial charge in [-0.1, -0.05) is 26.0 Å². The lowest BCUT2D eigenvalue weighted by atomic mass is 10.1. The van der Waals surface area contributed by atoms with Gasteiger partial charge in [0.15, 0.2) is 23.3 Å². The average molecular weight is 397 g/mol. The SMILES string of the molecule is C/C=C/C(C#N)=C/[C@@H]1[C@@H](C(=O)OCc2c(F)c(F)c(CO)c(F)c2F)C1(C)C. The molecule has 28 heavy (non-hydrogen) atoms. The van der Waals surface area contributed by atoms with E-state index in [0.717, 1.165) is 0 Å². The molecule has 2 rings (SSSR count). The van der Waals surface area contributed by atoms with Gasteiger partial charge in [-0.2, -0.15) is 5.26 Å². The number of aliphatic hydroxyl groups is 1. The van der Waals surface area contributed by atoms with Gasteiger partial charge < -0.3 is 9.84 Å². The molecule has 1 aromatic rings. The Labute approximate surface area is 159 Å². The molecule has 0 amide bonds. The zero-order valence-electron chi connectivity index (χ0n) is 15.5. The third-order valence-corrected chi connectivity index (χ3v) is 4.96. The standard InChI is InChI=1S/C20H19F4NO3/c1-4-5-10(7-25)6-13-14(20(13,2)3)19(27)28-9-12-17(23)15(21)11(8-26)16(22)18(12)24/h4-6,13-14,26H,8-9H2,1-3H3/b5-4+,10-6-/t13-,14+/m1/s1. The van der Waals surface area contributed by atoms with Crippen LogP contribution in [0, 0.1) is 51.9 Å². The lowest BCUT2D eigenvalue weighted by molar-refractivity contribution is -0.147. The number of nitriles is 1. The molecule has 0 radical (unpaired) electrons. The van der Waals surface area contributed by atoms with E-state index in [0.29, 0.717) is 5.57 Å². The molecule has 0 spiro atoms. The van der Waals surface area contributed by atoms with Crippen LogP contribution in [0.25, 0.3) is 0 Å². The monoisotopic (exact) mass is 397 g/mol. The van der Waals surface area contributed by atoms with E-state index in [1.165, 1.54) is 0 Å². The van der Waals surface area contributed by atoms with Crippen LogP contribution in [0.1, 0.15) is 31.9 Å². The average Bonchev–Trinajstić information content (AvgIpc) is 3.20. The molecule has 1 aliphatic rings. The van der Waals surface area contributed by atoms with Crippen molar-refractivity contribution in [3.63, 3.8) is 0 Å². The van der Waals surface area contributed by atoms with Crippen LogP contribution in [-0.2, 0) is 22.7 Å². The number of hydrogen-bond donors (Lipinski definition) is 1. The highest BCUT2D eigenvalue weighted by molar-refractivity contribution is 5.78. The first-order valence-electron chi connectivity index (χ1n) is 8.47. The van der Waals surface area contributed by atoms with Crippen LogP contribution >= 0.6 is 0 Å². The number of aliphatic hydroxyl groups excluding tert-OH is 1. The molecule has 0 saturated heterocycles. The summed E-state index contributed by atoms with van der Waals surface area (Å²) in [4.78, 5) is 12.3. The van der Waals surface area contributed by atoms with Crippen molar-refractivity contribution < 1.29 is 32.2 Å². The number of rotatable bonds is 6. The Kier molecular flexibility index (Phi) is 6.30. The first-order valence-corrected chi connectivity index (χ1v) is 8.47. The molecular weight excluding hydrogens is 378 g/mol. The maximum Gasteiger partial charge on any atom is 0.310 e. The van der Waals surface area contributed by atoms with Crippen molar-refractivity contribution in [2.75, 3.05) is 0 Å². The Balaban J connectivity index is 2.19. The van der Waals surface area contributed by atoms with Gasteiger partial charge in [0.05, 0.1) is 29.7 Å². The van der Waals surface area contributed by atoms with Gasteiger partial charge in [-0.15, -0.1) is 0 Å². The van der Waals surface area contributed by atoms with Crippen molar-refractivity contribution in [1.82, 2.24) is 0 Å². The smallest absolute Gasteiger partial charge is 0.310 e. The van der Waals surface area contributed by atoms with Crippen LogP contribution in [0.3, 0.4) is 0 Å². The largest absolute Gasteiger partial charge is 0.460 e. The fraction of sp³-hybridized carbons (Fsp3) is 0.400. The number of carbonyl (C=O) groups excluding carboxylic acids is 1. The molecule has 8 heteroatoms. The van der Waals surface area contributed by atoms with E-state index in [2.05, 4.69) is 0 Å². The summed E-state index contributed by atoms with van der Waals surface area (Å²) in [5, 5.41) is 17.9. The van der Waals surface area contributed by atoms with Crippen molar-refractivity contribution in [3.05, 3.63) is 58.2 Å². The maximum atomic E-state index is 14.0. The number of esters is 1. The van der Waals surface area contributed by atoms with Crippen molar-refractivity contribution in [2.24, 2.45) is 17.3 Å². The molecule has 150 valence electrons. The van der Waals surface area contributed by atoms with E-state index in [4.69, 9.17) is 15.1 Å². The van der Waals surface area contributed by atoms with Crippen LogP contribution in [-0.4, -0.2) is 11.1 Å². The molecule has 2 atom stereocenters. The first kappa shape index (κ1) is 21.6. The third-order valence-electron chi connectivity index (χ3n) is 4.96. The summed E-state index contributed by atoms with van der Waals surface area (Å²) in [6, 6.07) is 1.99. The molecule has 1 N–H and O–H groups in total. The second-order valence-electron chi connectivity index (χ2n) is 7.04. The van der Waals surface area contributed by atoms with E-state index in [1.54, 1.807) is 39.0 Å². The number of allylic oxidation sites excluding steroid dienone is 4. The molecular formula is C20H19F4NO3. The second kappa shape index (κ2) is 8.15. The summed E-state index contributed by atoms with van der Waals surface area (Å²) in [6.45, 7) is 3.04. The van der Waals surface area contributed by atoms with Gasteiger partial charge in [0.25, 0.3) is 0 Å². The normalized spacial score (nSPS) is 20.9. The summed E-state index contributed by atoms with van der Waals surface area (Å²) in [6.07, 6.45) is 4.86. The zero-order chi connectivity index (χ0) is 21.2. The predicted octanol–water partition coefficient (Wildman–Crippen LogP) is 4.08. The quantitative estimate of drug-likeness (QED) is 0.258. The van der Waals surface area contributed by atoms with Gasteiger partial charge in [0.2, 0.25) is 0 Å². The van der Waals surface area contributed by atoms with Gasteiger partial charge in [-0.05, 0) is 24.3 Å². The third kappa shape index (κ3) is 3.80. The number of carbonyl (C=O) groups is 1. The van der Waals surface area contributed by atoms with Crippen molar-refractivity contribution in [3.8, 4) is 6.07 Å². The highest BCUT2D eigenvalue weighted by Crippen LogP contribution is 2.60. The summed E-state index contributed by atoms with van der Waals surface area (Å²) >= 11 is 0. The maximum absolute atomic E-state index is 14.0. The summed E-state index contributed by atoms with van der Waals surface area (Å²) in [7, 11) is 0. The number of ether oxygens (including phenoxy) is 1. The molecule has 4 nitrogen and oxygen atoms in total. The van der Waals surface area contributed by atoms with E-state index >= 15 is 0 Å². The van der Waals surface area contributed by atoms with Crippen LogP contribution in [0.4, 0.5) is 17.6 Å². The number of hydrogen-bond acceptors (Lipinski definition) is 4. The number of nitrogens with zero attached hydrogens (tertiary/aromatic N) is 1. The molecule has 0 unspecified atom stereocenters. The molecule has 0 aromatic heterocycles. The Morgan fingerprint density at radius 3 is 2.18 bits per heavy atom. The van der Waals surface area contributed by atoms with E-state index in [1.807, 2.05) is 6.07 Å². The van der Waals surface area contributed by atoms with Gasteiger partial charge in [-0.3, -0.25) is 4.79 Å². The number of benzene rings is 1. The summed E-state index contributed by atoms with van der Waals surface area (Å²) in [5.41, 5.74) is -2.39. The number of halogens is 4. The summed E-state index contributed by atoms with van der Waals surface area (Å²) in [5.74, 6) is -8.70. The van der Waals surface area contributed by atoms with Crippen LogP contribution in [0.2, 0.25) is 0 Å². The molecule has 1 saturated carbocycles. The van der Waals surface area contributed by atoms with Crippen molar-refractivity contribution in [2.45, 2.75) is 34.0 Å². The Morgan fingerprint density at radius 2 is 1.71 bits per heavy atom. The van der Waals surface area contributed by atoms with Crippen LogP contribution in [0.15, 0.2) is 23.8 Å². The Morgan fingerprint density at radius 1 is 1.18 bits per heavy atom. The van der Waals surface area contributed by atoms with Crippen molar-refractivity contribution >= 4 is 5.97 Å². The summed E-state index contributed by atoms with van der Waals surface area (Å²) < 4.78 is 60.2. The van der Waals surface area contributed by atoms with Crippen molar-refractivity contribution in [1.29, 1.82) is 5.26 Å². The van der Waals surface area contributed by atoms with Gasteiger partial charge in [0.1, 0.15) is 6.61 Å². The molecule has 0 bridgehead atoms. The zero-order valence-corrected chi connectivity index (χ0v) is 15.5. The lowest BCUT2D eigenvalue weighted by Gasteiger charge is -2.11. The Hall–Kier alpha value is -2.66. The minimum atomic E-state index is -1.73. The minimum absolute atomic E-state index is 0.328. The fourth-order valence-corrected chi connectivity index (χ4v) is 3.16. The second-order valence-corrected chi connectivity index (χ2v) is 7.04. The molecule has 1 aliphatic carbocycles. The minimum Gasteiger partial charge on any atom is -0.460 e. The van der Waals surface area contributed by atoms with Gasteiger partial charge in [0, 0.05) is 5.57 Å². The van der Waals surface area contributed by atoms with Gasteiger partial charge in [-0.25, -0.2) is 17.6 Å². The molecule has 0 aliphatic heterocycles. The highest BCUT2D eigenvalue weighted by Gasteiger charge is 2.61. The van der Waals surface area contributed by atoms with E-state index in [9.17, 15) is 22.4 Å². The van der Waals surface area contributed by atoms with Gasteiger partial charge >= 0.3 is 5.97 Å². The predicted molar refractivity (Wildman–Crippen MR) is 91.3 cm³/mol. The molecule has 1 aromatic carbocycles. The van der Waals surface area contributed by atoms with E-state index < -0.39 is 64.9 Å². The molecule has 0 heterocycles.